The Kier molecular flexibility index (Phi) is 5.92. The summed E-state index contributed by atoms with van der Waals surface area (Å²) in [6, 6.07) is 7.68. The summed E-state index contributed by atoms with van der Waals surface area (Å²) in [6.07, 6.45) is 6.36. The molecule has 0 bridgehead atoms. The zero-order valence-electron chi connectivity index (χ0n) is 13.8. The summed E-state index contributed by atoms with van der Waals surface area (Å²) in [7, 11) is 0. The van der Waals surface area contributed by atoms with Gasteiger partial charge in [0.25, 0.3) is 0 Å². The van der Waals surface area contributed by atoms with Crippen LogP contribution < -0.4 is 10.5 Å². The molecule has 0 aromatic heterocycles. The molecule has 3 heteroatoms. The van der Waals surface area contributed by atoms with E-state index in [-0.39, 0.29) is 0 Å². The summed E-state index contributed by atoms with van der Waals surface area (Å²) in [5, 5.41) is 0. The van der Waals surface area contributed by atoms with E-state index >= 15 is 0 Å². The van der Waals surface area contributed by atoms with Crippen LogP contribution in [0.3, 0.4) is 0 Å². The molecule has 21 heavy (non-hydrogen) atoms. The van der Waals surface area contributed by atoms with E-state index in [0.717, 1.165) is 29.9 Å². The number of rotatable bonds is 6. The van der Waals surface area contributed by atoms with Crippen molar-refractivity contribution < 1.29 is 4.74 Å². The molecule has 0 aliphatic carbocycles. The van der Waals surface area contributed by atoms with Crippen LogP contribution in [-0.4, -0.2) is 30.1 Å². The Bertz CT molecular complexity index is 437. The van der Waals surface area contributed by atoms with Gasteiger partial charge in [-0.1, -0.05) is 12.5 Å². The molecule has 0 spiro atoms. The van der Waals surface area contributed by atoms with E-state index in [9.17, 15) is 0 Å². The van der Waals surface area contributed by atoms with Gasteiger partial charge in [0, 0.05) is 12.1 Å². The fourth-order valence-corrected chi connectivity index (χ4v) is 3.42. The first kappa shape index (κ1) is 16.2. The average molecular weight is 290 g/mol. The molecule has 1 aromatic rings. The summed E-state index contributed by atoms with van der Waals surface area (Å²) in [6.45, 7) is 8.56. The number of ether oxygens (including phenoxy) is 1. The predicted molar refractivity (Wildman–Crippen MR) is 89.8 cm³/mol. The summed E-state index contributed by atoms with van der Waals surface area (Å²) in [4.78, 5) is 2.67. The van der Waals surface area contributed by atoms with Gasteiger partial charge in [-0.3, -0.25) is 4.90 Å². The molecular weight excluding hydrogens is 260 g/mol. The monoisotopic (exact) mass is 290 g/mol. The number of nitrogens with zero attached hydrogens (tertiary/aromatic N) is 1. The first-order valence-electron chi connectivity index (χ1n) is 8.38. The molecule has 1 aromatic carbocycles. The number of piperidine rings is 1. The quantitative estimate of drug-likeness (QED) is 0.808. The zero-order valence-corrected chi connectivity index (χ0v) is 13.8. The van der Waals surface area contributed by atoms with E-state index in [4.69, 9.17) is 10.5 Å². The maximum Gasteiger partial charge on any atom is 0.142 e. The van der Waals surface area contributed by atoms with Crippen molar-refractivity contribution in [3.05, 3.63) is 23.8 Å². The Morgan fingerprint density at radius 3 is 2.57 bits per heavy atom. The lowest BCUT2D eigenvalue weighted by molar-refractivity contribution is 0.102. The maximum absolute atomic E-state index is 6.03. The summed E-state index contributed by atoms with van der Waals surface area (Å²) < 4.78 is 5.49. The van der Waals surface area contributed by atoms with Crippen LogP contribution in [0.5, 0.6) is 5.75 Å². The van der Waals surface area contributed by atoms with Gasteiger partial charge in [0.15, 0.2) is 0 Å². The van der Waals surface area contributed by atoms with Gasteiger partial charge >= 0.3 is 0 Å². The Morgan fingerprint density at radius 1 is 1.24 bits per heavy atom. The first-order chi connectivity index (χ1) is 10.1. The smallest absolute Gasteiger partial charge is 0.142 e. The summed E-state index contributed by atoms with van der Waals surface area (Å²) in [5.41, 5.74) is 8.10. The number of likely N-dealkylation sites (tertiary alicyclic amines) is 1. The normalized spacial score (nSPS) is 23.2. The van der Waals surface area contributed by atoms with Crippen molar-refractivity contribution in [2.75, 3.05) is 18.9 Å². The number of hydrogen-bond acceptors (Lipinski definition) is 3. The average Bonchev–Trinajstić information content (AvgIpc) is 2.45. The highest BCUT2D eigenvalue weighted by Crippen LogP contribution is 2.25. The van der Waals surface area contributed by atoms with Crippen molar-refractivity contribution in [2.24, 2.45) is 0 Å². The van der Waals surface area contributed by atoms with E-state index in [1.54, 1.807) is 0 Å². The molecular formula is C18H30N2O. The second kappa shape index (κ2) is 7.69. The molecule has 2 rings (SSSR count). The molecule has 1 fully saturated rings. The minimum absolute atomic E-state index is 0.661. The molecule has 2 N–H and O–H groups in total. The zero-order chi connectivity index (χ0) is 15.2. The Balaban J connectivity index is 1.84. The van der Waals surface area contributed by atoms with E-state index in [1.165, 1.54) is 37.8 Å². The number of hydrogen-bond donors (Lipinski definition) is 1. The number of aryl methyl sites for hydroxylation is 1. The van der Waals surface area contributed by atoms with E-state index in [0.29, 0.717) is 6.61 Å². The van der Waals surface area contributed by atoms with Crippen LogP contribution in [-0.2, 0) is 6.42 Å². The first-order valence-corrected chi connectivity index (χ1v) is 8.38. The lowest BCUT2D eigenvalue weighted by atomic mass is 9.97. The molecule has 1 saturated heterocycles. The molecule has 0 radical (unpaired) electrons. The summed E-state index contributed by atoms with van der Waals surface area (Å²) >= 11 is 0. The molecule has 2 unspecified atom stereocenters. The lowest BCUT2D eigenvalue weighted by Gasteiger charge is -2.39. The fraction of sp³-hybridized carbons (Fsp3) is 0.667. The Hall–Kier alpha value is -1.22. The van der Waals surface area contributed by atoms with Crippen LogP contribution in [0.1, 0.15) is 52.0 Å². The molecule has 2 atom stereocenters. The van der Waals surface area contributed by atoms with Crippen molar-refractivity contribution in [3.63, 3.8) is 0 Å². The second-order valence-electron chi connectivity index (χ2n) is 6.28. The number of nitrogens with two attached hydrogens (primary N) is 1. The molecule has 0 amide bonds. The van der Waals surface area contributed by atoms with Gasteiger partial charge in [0.1, 0.15) is 5.75 Å². The van der Waals surface area contributed by atoms with Gasteiger partial charge in [-0.25, -0.2) is 0 Å². The highest BCUT2D eigenvalue weighted by molar-refractivity contribution is 5.54. The van der Waals surface area contributed by atoms with Gasteiger partial charge < -0.3 is 10.5 Å². The highest BCUT2D eigenvalue weighted by atomic mass is 16.5. The number of anilines is 1. The van der Waals surface area contributed by atoms with Gasteiger partial charge in [-0.2, -0.15) is 0 Å². The highest BCUT2D eigenvalue weighted by Gasteiger charge is 2.23. The van der Waals surface area contributed by atoms with Gasteiger partial charge in [0.2, 0.25) is 0 Å². The third-order valence-electron chi connectivity index (χ3n) is 4.63. The van der Waals surface area contributed by atoms with Crippen LogP contribution in [0.15, 0.2) is 18.2 Å². The van der Waals surface area contributed by atoms with Crippen LogP contribution in [0.2, 0.25) is 0 Å². The third-order valence-corrected chi connectivity index (χ3v) is 4.63. The lowest BCUT2D eigenvalue weighted by Crippen LogP contribution is -2.44. The van der Waals surface area contributed by atoms with E-state index < -0.39 is 0 Å². The van der Waals surface area contributed by atoms with Crippen LogP contribution >= 0.6 is 0 Å². The molecule has 0 saturated carbocycles. The molecule has 1 aliphatic heterocycles. The van der Waals surface area contributed by atoms with Crippen LogP contribution in [0, 0.1) is 0 Å². The molecule has 3 nitrogen and oxygen atoms in total. The van der Waals surface area contributed by atoms with Crippen molar-refractivity contribution in [1.82, 2.24) is 4.90 Å². The van der Waals surface area contributed by atoms with E-state index in [1.807, 2.05) is 13.0 Å². The minimum atomic E-state index is 0.661. The van der Waals surface area contributed by atoms with Gasteiger partial charge in [-0.05, 0) is 70.7 Å². The SMILES string of the molecule is CCOc1ccc(CCCN2C(C)CCCC2C)cc1N. The largest absolute Gasteiger partial charge is 0.492 e. The van der Waals surface area contributed by atoms with Crippen molar-refractivity contribution in [1.29, 1.82) is 0 Å². The van der Waals surface area contributed by atoms with Gasteiger partial charge in [-0.15, -0.1) is 0 Å². The van der Waals surface area contributed by atoms with Gasteiger partial charge in [0.05, 0.1) is 12.3 Å². The fourth-order valence-electron chi connectivity index (χ4n) is 3.42. The van der Waals surface area contributed by atoms with Crippen molar-refractivity contribution >= 4 is 5.69 Å². The van der Waals surface area contributed by atoms with Crippen molar-refractivity contribution in [3.8, 4) is 5.75 Å². The maximum atomic E-state index is 6.03. The molecule has 1 aliphatic rings. The summed E-state index contributed by atoms with van der Waals surface area (Å²) in [5.74, 6) is 0.805. The third kappa shape index (κ3) is 4.37. The standard InChI is InChI=1S/C18H30N2O/c1-4-21-18-11-10-16(13-17(18)19)9-6-12-20-14(2)7-5-8-15(20)3/h10-11,13-15H,4-9,12,19H2,1-3H3. The van der Waals surface area contributed by atoms with Crippen LogP contribution in [0.4, 0.5) is 5.69 Å². The predicted octanol–water partition coefficient (Wildman–Crippen LogP) is 3.86. The van der Waals surface area contributed by atoms with Crippen LogP contribution in [0.25, 0.3) is 0 Å². The van der Waals surface area contributed by atoms with E-state index in [2.05, 4.69) is 30.9 Å². The Morgan fingerprint density at radius 2 is 1.95 bits per heavy atom. The second-order valence-corrected chi connectivity index (χ2v) is 6.28. The molecule has 118 valence electrons. The molecule has 1 heterocycles. The van der Waals surface area contributed by atoms with Crippen molar-refractivity contribution in [2.45, 2.75) is 65.0 Å². The number of benzene rings is 1. The minimum Gasteiger partial charge on any atom is -0.492 e. The topological polar surface area (TPSA) is 38.5 Å². The number of nitrogen functional groups attached to an aromatic ring is 1. The Labute approximate surface area is 129 Å².